The Morgan fingerprint density at radius 3 is 2.36 bits per heavy atom. The number of carbonyl (C=O) groups excluding carboxylic acids is 1. The van der Waals surface area contributed by atoms with Crippen LogP contribution in [-0.4, -0.2) is 35.9 Å². The van der Waals surface area contributed by atoms with Gasteiger partial charge in [-0.1, -0.05) is 38.1 Å². The average Bonchev–Trinajstić information content (AvgIpc) is 2.67. The predicted molar refractivity (Wildman–Crippen MR) is 110 cm³/mol. The number of likely N-dealkylation sites (N-methyl/N-ethyl adjacent to an activating group) is 1. The van der Waals surface area contributed by atoms with E-state index in [-0.39, 0.29) is 17.3 Å². The van der Waals surface area contributed by atoms with Crippen LogP contribution in [0.4, 0.5) is 11.4 Å². The van der Waals surface area contributed by atoms with E-state index in [1.807, 2.05) is 18.9 Å². The number of nitrogens with one attached hydrogen (secondary N) is 1. The summed E-state index contributed by atoms with van der Waals surface area (Å²) in [5.74, 6) is 0.517. The van der Waals surface area contributed by atoms with Crippen LogP contribution < -0.4 is 10.1 Å². The lowest BCUT2D eigenvalue weighted by atomic mass is 10.0. The number of hydrogen-bond donors (Lipinski definition) is 1. The lowest BCUT2D eigenvalue weighted by Gasteiger charge is -2.24. The maximum Gasteiger partial charge on any atom is 0.273 e. The Labute approximate surface area is 165 Å². The molecule has 0 bridgehead atoms. The van der Waals surface area contributed by atoms with E-state index < -0.39 is 11.0 Å². The van der Waals surface area contributed by atoms with Crippen LogP contribution in [0.15, 0.2) is 42.5 Å². The number of carbonyl (C=O) groups is 1. The fourth-order valence-corrected chi connectivity index (χ4v) is 2.77. The van der Waals surface area contributed by atoms with Gasteiger partial charge in [-0.15, -0.1) is 0 Å². The highest BCUT2D eigenvalue weighted by Crippen LogP contribution is 2.29. The van der Waals surface area contributed by atoms with Gasteiger partial charge in [0.1, 0.15) is 5.75 Å². The van der Waals surface area contributed by atoms with Crippen molar-refractivity contribution in [3.8, 4) is 5.75 Å². The van der Waals surface area contributed by atoms with Crippen molar-refractivity contribution in [2.75, 3.05) is 19.5 Å². The molecule has 0 aliphatic rings. The molecule has 28 heavy (non-hydrogen) atoms. The van der Waals surface area contributed by atoms with Gasteiger partial charge >= 0.3 is 0 Å². The number of methoxy groups -OCH3 is 1. The molecule has 7 nitrogen and oxygen atoms in total. The summed E-state index contributed by atoms with van der Waals surface area (Å²) in [4.78, 5) is 25.0. The third-order valence-electron chi connectivity index (χ3n) is 4.77. The molecule has 2 aromatic rings. The van der Waals surface area contributed by atoms with Crippen molar-refractivity contribution in [1.29, 1.82) is 0 Å². The van der Waals surface area contributed by atoms with Crippen LogP contribution in [0.5, 0.6) is 5.75 Å². The van der Waals surface area contributed by atoms with Gasteiger partial charge in [0, 0.05) is 12.6 Å². The molecule has 0 saturated heterocycles. The van der Waals surface area contributed by atoms with Crippen LogP contribution in [0.25, 0.3) is 0 Å². The number of non-ortho nitro benzene ring substituents is 1. The Bertz CT molecular complexity index is 834. The second-order valence-electron chi connectivity index (χ2n) is 7.12. The summed E-state index contributed by atoms with van der Waals surface area (Å²) in [7, 11) is 3.29. The quantitative estimate of drug-likeness (QED) is 0.544. The predicted octanol–water partition coefficient (Wildman–Crippen LogP) is 4.19. The molecule has 0 aromatic heterocycles. The van der Waals surface area contributed by atoms with E-state index in [4.69, 9.17) is 4.74 Å². The van der Waals surface area contributed by atoms with Crippen molar-refractivity contribution in [3.05, 3.63) is 63.7 Å². The minimum Gasteiger partial charge on any atom is -0.494 e. The summed E-state index contributed by atoms with van der Waals surface area (Å²) in [5, 5.41) is 13.7. The molecule has 2 aromatic carbocycles. The van der Waals surface area contributed by atoms with Gasteiger partial charge in [-0.3, -0.25) is 19.8 Å². The number of hydrogen-bond acceptors (Lipinski definition) is 5. The molecule has 0 radical (unpaired) electrons. The Morgan fingerprint density at radius 1 is 1.18 bits per heavy atom. The lowest BCUT2D eigenvalue weighted by Crippen LogP contribution is -2.39. The SMILES string of the molecule is COc1cc([N+](=O)[O-])ccc1NC(=O)[C@@H](C)N(C)Cc1ccc(C(C)C)cc1. The molecule has 0 fully saturated rings. The molecule has 0 aliphatic carbocycles. The summed E-state index contributed by atoms with van der Waals surface area (Å²) in [6, 6.07) is 12.1. The molecule has 0 aliphatic heterocycles. The van der Waals surface area contributed by atoms with Crippen LogP contribution in [0.2, 0.25) is 0 Å². The monoisotopic (exact) mass is 385 g/mol. The molecular formula is C21H27N3O4. The molecular weight excluding hydrogens is 358 g/mol. The molecule has 0 saturated carbocycles. The van der Waals surface area contributed by atoms with Gasteiger partial charge in [-0.05, 0) is 37.1 Å². The number of benzene rings is 2. The molecule has 0 spiro atoms. The largest absolute Gasteiger partial charge is 0.494 e. The third-order valence-corrected chi connectivity index (χ3v) is 4.77. The summed E-state index contributed by atoms with van der Waals surface area (Å²) >= 11 is 0. The number of ether oxygens (including phenoxy) is 1. The zero-order valence-corrected chi connectivity index (χ0v) is 16.9. The van der Waals surface area contributed by atoms with Gasteiger partial charge in [-0.2, -0.15) is 0 Å². The van der Waals surface area contributed by atoms with Crippen molar-refractivity contribution in [2.45, 2.75) is 39.3 Å². The molecule has 0 unspecified atom stereocenters. The van der Waals surface area contributed by atoms with E-state index in [1.165, 1.54) is 30.9 Å². The Kier molecular flexibility index (Phi) is 7.12. The van der Waals surface area contributed by atoms with Gasteiger partial charge < -0.3 is 10.1 Å². The van der Waals surface area contributed by atoms with Gasteiger partial charge in [0.2, 0.25) is 5.91 Å². The lowest BCUT2D eigenvalue weighted by molar-refractivity contribution is -0.384. The number of rotatable bonds is 8. The van der Waals surface area contributed by atoms with Crippen molar-refractivity contribution < 1.29 is 14.5 Å². The van der Waals surface area contributed by atoms with Crippen LogP contribution in [0.1, 0.15) is 37.8 Å². The Balaban J connectivity index is 2.04. The zero-order chi connectivity index (χ0) is 20.8. The third kappa shape index (κ3) is 5.29. The summed E-state index contributed by atoms with van der Waals surface area (Å²) in [6.45, 7) is 6.75. The molecule has 2 rings (SSSR count). The number of nitro benzene ring substituents is 1. The van der Waals surface area contributed by atoms with E-state index in [9.17, 15) is 14.9 Å². The smallest absolute Gasteiger partial charge is 0.273 e. The van der Waals surface area contributed by atoms with Crippen molar-refractivity contribution in [3.63, 3.8) is 0 Å². The van der Waals surface area contributed by atoms with Gasteiger partial charge in [0.05, 0.1) is 29.8 Å². The second kappa shape index (κ2) is 9.32. The summed E-state index contributed by atoms with van der Waals surface area (Å²) in [6.07, 6.45) is 0. The van der Waals surface area contributed by atoms with E-state index in [0.717, 1.165) is 5.56 Å². The van der Waals surface area contributed by atoms with E-state index in [2.05, 4.69) is 43.4 Å². The molecule has 1 amide bonds. The van der Waals surface area contributed by atoms with Crippen LogP contribution in [0.3, 0.4) is 0 Å². The highest BCUT2D eigenvalue weighted by atomic mass is 16.6. The average molecular weight is 385 g/mol. The fraction of sp³-hybridized carbons (Fsp3) is 0.381. The second-order valence-corrected chi connectivity index (χ2v) is 7.12. The summed E-state index contributed by atoms with van der Waals surface area (Å²) in [5.41, 5.74) is 2.71. The first-order chi connectivity index (χ1) is 13.2. The number of amides is 1. The van der Waals surface area contributed by atoms with E-state index in [0.29, 0.717) is 18.2 Å². The van der Waals surface area contributed by atoms with Crippen LogP contribution >= 0.6 is 0 Å². The minimum absolute atomic E-state index is 0.0927. The molecule has 7 heteroatoms. The van der Waals surface area contributed by atoms with Crippen molar-refractivity contribution in [1.82, 2.24) is 4.90 Å². The standard InChI is InChI=1S/C21H27N3O4/c1-14(2)17-8-6-16(7-9-17)13-23(4)15(3)21(25)22-19-11-10-18(24(26)27)12-20(19)28-5/h6-12,14-15H,13H2,1-5H3,(H,22,25)/t15-/m1/s1. The normalized spacial score (nSPS) is 12.1. The zero-order valence-electron chi connectivity index (χ0n) is 16.9. The summed E-state index contributed by atoms with van der Waals surface area (Å²) < 4.78 is 5.17. The highest BCUT2D eigenvalue weighted by molar-refractivity contribution is 5.96. The molecule has 1 N–H and O–H groups in total. The van der Waals surface area contributed by atoms with Crippen molar-refractivity contribution in [2.24, 2.45) is 0 Å². The number of nitro groups is 1. The first kappa shape index (κ1) is 21.4. The molecule has 0 heterocycles. The highest BCUT2D eigenvalue weighted by Gasteiger charge is 2.20. The molecule has 1 atom stereocenters. The van der Waals surface area contributed by atoms with Crippen LogP contribution in [0, 0.1) is 10.1 Å². The van der Waals surface area contributed by atoms with E-state index >= 15 is 0 Å². The van der Waals surface area contributed by atoms with Crippen LogP contribution in [-0.2, 0) is 11.3 Å². The van der Waals surface area contributed by atoms with E-state index in [1.54, 1.807) is 0 Å². The number of nitrogens with zero attached hydrogens (tertiary/aromatic N) is 2. The number of anilines is 1. The first-order valence-electron chi connectivity index (χ1n) is 9.15. The maximum atomic E-state index is 12.6. The Morgan fingerprint density at radius 2 is 1.82 bits per heavy atom. The Hall–Kier alpha value is -2.93. The minimum atomic E-state index is -0.505. The van der Waals surface area contributed by atoms with Gasteiger partial charge in [-0.25, -0.2) is 0 Å². The van der Waals surface area contributed by atoms with Gasteiger partial charge in [0.25, 0.3) is 5.69 Å². The first-order valence-corrected chi connectivity index (χ1v) is 9.15. The fourth-order valence-electron chi connectivity index (χ4n) is 2.77. The van der Waals surface area contributed by atoms with Gasteiger partial charge in [0.15, 0.2) is 0 Å². The van der Waals surface area contributed by atoms with Crippen molar-refractivity contribution >= 4 is 17.3 Å². The maximum absolute atomic E-state index is 12.6. The topological polar surface area (TPSA) is 84.7 Å². The molecule has 150 valence electrons.